The van der Waals surface area contributed by atoms with Crippen LogP contribution in [0.3, 0.4) is 0 Å². The van der Waals surface area contributed by atoms with Crippen molar-refractivity contribution in [2.75, 3.05) is 0 Å². The van der Waals surface area contributed by atoms with Gasteiger partial charge in [0.15, 0.2) is 12.0 Å². The summed E-state index contributed by atoms with van der Waals surface area (Å²) in [5.41, 5.74) is 1.13. The van der Waals surface area contributed by atoms with Crippen LogP contribution in [0.25, 0.3) is 11.3 Å². The van der Waals surface area contributed by atoms with E-state index in [1.807, 2.05) is 0 Å². The molecule has 1 N–H and O–H groups in total. The summed E-state index contributed by atoms with van der Waals surface area (Å²) in [4.78, 5) is 23.8. The summed E-state index contributed by atoms with van der Waals surface area (Å²) in [7, 11) is 0. The van der Waals surface area contributed by atoms with Crippen molar-refractivity contribution >= 4 is 11.8 Å². The first-order valence-electron chi connectivity index (χ1n) is 8.65. The molecule has 1 aliphatic rings. The number of rotatable bonds is 5. The number of Topliss-reactive ketones (excluding diaryl/α,β-unsaturated/α-hetero) is 1. The SMILES string of the molecule is O=C(CC1CCCCC1)c1ccc(-c2c(C(=O)O)ccc[n+]2[O-])cc1. The maximum absolute atomic E-state index is 12.4. The number of aromatic carboxylic acids is 1. The van der Waals surface area contributed by atoms with Crippen LogP contribution in [0.2, 0.25) is 0 Å². The van der Waals surface area contributed by atoms with Gasteiger partial charge in [0.05, 0.1) is 0 Å². The van der Waals surface area contributed by atoms with Crippen LogP contribution in [0, 0.1) is 11.1 Å². The summed E-state index contributed by atoms with van der Waals surface area (Å²) in [6.45, 7) is 0. The topological polar surface area (TPSA) is 81.3 Å². The molecule has 5 heteroatoms. The lowest BCUT2D eigenvalue weighted by Gasteiger charge is -2.20. The van der Waals surface area contributed by atoms with Crippen LogP contribution in [0.5, 0.6) is 0 Å². The highest BCUT2D eigenvalue weighted by Crippen LogP contribution is 2.28. The molecule has 0 bridgehead atoms. The van der Waals surface area contributed by atoms with Crippen molar-refractivity contribution in [2.45, 2.75) is 38.5 Å². The Morgan fingerprint density at radius 1 is 1.08 bits per heavy atom. The highest BCUT2D eigenvalue weighted by atomic mass is 16.5. The Hall–Kier alpha value is -2.69. The lowest BCUT2D eigenvalue weighted by molar-refractivity contribution is -0.593. The fourth-order valence-corrected chi connectivity index (χ4v) is 3.53. The summed E-state index contributed by atoms with van der Waals surface area (Å²) >= 11 is 0. The standard InChI is InChI=1S/C20H21NO4/c22-18(13-14-5-2-1-3-6-14)15-8-10-16(11-9-15)19-17(20(23)24)7-4-12-21(19)25/h4,7-12,14H,1-3,5-6,13H2,(H,23,24). The number of carbonyl (C=O) groups is 2. The van der Waals surface area contributed by atoms with Crippen molar-refractivity contribution in [3.63, 3.8) is 0 Å². The van der Waals surface area contributed by atoms with E-state index in [2.05, 4.69) is 0 Å². The highest BCUT2D eigenvalue weighted by Gasteiger charge is 2.21. The molecule has 1 fully saturated rings. The van der Waals surface area contributed by atoms with Crippen LogP contribution in [0.1, 0.15) is 59.2 Å². The number of carbonyl (C=O) groups excluding carboxylic acids is 1. The molecule has 0 unspecified atom stereocenters. The third kappa shape index (κ3) is 3.87. The first kappa shape index (κ1) is 17.1. The first-order chi connectivity index (χ1) is 12.1. The summed E-state index contributed by atoms with van der Waals surface area (Å²) in [5.74, 6) is -0.574. The zero-order valence-corrected chi connectivity index (χ0v) is 14.0. The van der Waals surface area contributed by atoms with Crippen LogP contribution in [0.15, 0.2) is 42.6 Å². The van der Waals surface area contributed by atoms with E-state index in [1.54, 1.807) is 24.3 Å². The van der Waals surface area contributed by atoms with Crippen molar-refractivity contribution in [2.24, 2.45) is 5.92 Å². The van der Waals surface area contributed by atoms with Gasteiger partial charge in [-0.25, -0.2) is 4.79 Å². The van der Waals surface area contributed by atoms with Gasteiger partial charge in [-0.3, -0.25) is 4.79 Å². The number of aromatic nitrogens is 1. The van der Waals surface area contributed by atoms with Gasteiger partial charge >= 0.3 is 5.97 Å². The van der Waals surface area contributed by atoms with Gasteiger partial charge in [-0.05, 0) is 24.1 Å². The summed E-state index contributed by atoms with van der Waals surface area (Å²) in [5, 5.41) is 21.3. The minimum Gasteiger partial charge on any atom is -0.618 e. The molecule has 0 aliphatic heterocycles. The Bertz CT molecular complexity index is 777. The molecule has 1 heterocycles. The number of ketones is 1. The molecule has 0 spiro atoms. The monoisotopic (exact) mass is 339 g/mol. The Morgan fingerprint density at radius 3 is 2.40 bits per heavy atom. The number of benzene rings is 1. The van der Waals surface area contributed by atoms with E-state index in [4.69, 9.17) is 0 Å². The van der Waals surface area contributed by atoms with E-state index in [0.29, 0.717) is 28.2 Å². The molecule has 1 aromatic heterocycles. The van der Waals surface area contributed by atoms with Gasteiger partial charge in [0.1, 0.15) is 5.56 Å². The molecule has 0 amide bonds. The maximum Gasteiger partial charge on any atom is 0.342 e. The molecule has 5 nitrogen and oxygen atoms in total. The molecule has 130 valence electrons. The molecule has 1 aromatic carbocycles. The Labute approximate surface area is 146 Å². The predicted octanol–water partition coefficient (Wildman–Crippen LogP) is 3.84. The number of hydrogen-bond acceptors (Lipinski definition) is 3. The van der Waals surface area contributed by atoms with Gasteiger partial charge in [-0.2, -0.15) is 4.73 Å². The van der Waals surface area contributed by atoms with Gasteiger partial charge in [-0.1, -0.05) is 44.2 Å². The molecule has 0 radical (unpaired) electrons. The van der Waals surface area contributed by atoms with Crippen molar-refractivity contribution in [1.29, 1.82) is 0 Å². The molecule has 3 rings (SSSR count). The Balaban J connectivity index is 1.81. The summed E-state index contributed by atoms with van der Waals surface area (Å²) in [6, 6.07) is 9.45. The van der Waals surface area contributed by atoms with Gasteiger partial charge in [0.2, 0.25) is 5.69 Å². The van der Waals surface area contributed by atoms with Crippen molar-refractivity contribution in [3.05, 3.63) is 58.9 Å². The fourth-order valence-electron chi connectivity index (χ4n) is 3.53. The second-order valence-electron chi connectivity index (χ2n) is 6.61. The quantitative estimate of drug-likeness (QED) is 0.510. The van der Waals surface area contributed by atoms with Crippen LogP contribution in [0.4, 0.5) is 0 Å². The second-order valence-corrected chi connectivity index (χ2v) is 6.61. The van der Waals surface area contributed by atoms with Crippen molar-refractivity contribution in [1.82, 2.24) is 0 Å². The number of pyridine rings is 1. The average molecular weight is 339 g/mol. The zero-order valence-electron chi connectivity index (χ0n) is 14.0. The van der Waals surface area contributed by atoms with E-state index in [9.17, 15) is 19.9 Å². The van der Waals surface area contributed by atoms with Crippen LogP contribution in [-0.4, -0.2) is 16.9 Å². The van der Waals surface area contributed by atoms with Crippen LogP contribution in [-0.2, 0) is 0 Å². The van der Waals surface area contributed by atoms with E-state index < -0.39 is 5.97 Å². The van der Waals surface area contributed by atoms with E-state index in [1.165, 1.54) is 37.6 Å². The second kappa shape index (κ2) is 7.47. The molecule has 2 aromatic rings. The Kier molecular flexibility index (Phi) is 5.12. The number of carboxylic acids is 1. The Morgan fingerprint density at radius 2 is 1.76 bits per heavy atom. The first-order valence-corrected chi connectivity index (χ1v) is 8.65. The van der Waals surface area contributed by atoms with Crippen LogP contribution >= 0.6 is 0 Å². The number of hydrogen-bond donors (Lipinski definition) is 1. The zero-order chi connectivity index (χ0) is 17.8. The molecular weight excluding hydrogens is 318 g/mol. The molecular formula is C20H21NO4. The number of nitrogens with zero attached hydrogens (tertiary/aromatic N) is 1. The van der Waals surface area contributed by atoms with Gasteiger partial charge in [0.25, 0.3) is 0 Å². The molecule has 0 saturated heterocycles. The van der Waals surface area contributed by atoms with Gasteiger partial charge < -0.3 is 10.3 Å². The number of carboxylic acid groups (broad SMARTS) is 1. The maximum atomic E-state index is 12.4. The van der Waals surface area contributed by atoms with Crippen molar-refractivity contribution < 1.29 is 19.4 Å². The van der Waals surface area contributed by atoms with E-state index in [-0.39, 0.29) is 17.0 Å². The van der Waals surface area contributed by atoms with E-state index in [0.717, 1.165) is 12.8 Å². The fraction of sp³-hybridized carbons (Fsp3) is 0.350. The van der Waals surface area contributed by atoms with Crippen molar-refractivity contribution in [3.8, 4) is 11.3 Å². The lowest BCUT2D eigenvalue weighted by atomic mass is 9.84. The summed E-state index contributed by atoms with van der Waals surface area (Å²) < 4.78 is 0.544. The molecule has 1 saturated carbocycles. The average Bonchev–Trinajstić information content (AvgIpc) is 2.62. The smallest absolute Gasteiger partial charge is 0.342 e. The lowest BCUT2D eigenvalue weighted by Crippen LogP contribution is -2.30. The third-order valence-corrected chi connectivity index (χ3v) is 4.87. The predicted molar refractivity (Wildman–Crippen MR) is 93.3 cm³/mol. The van der Waals surface area contributed by atoms with E-state index >= 15 is 0 Å². The molecule has 1 aliphatic carbocycles. The normalized spacial score (nSPS) is 15.0. The van der Waals surface area contributed by atoms with Gasteiger partial charge in [-0.15, -0.1) is 0 Å². The van der Waals surface area contributed by atoms with Crippen LogP contribution < -0.4 is 4.73 Å². The molecule has 25 heavy (non-hydrogen) atoms. The third-order valence-electron chi connectivity index (χ3n) is 4.87. The minimum atomic E-state index is -1.15. The minimum absolute atomic E-state index is 0.0567. The highest BCUT2D eigenvalue weighted by molar-refractivity contribution is 5.97. The summed E-state index contributed by atoms with van der Waals surface area (Å²) in [6.07, 6.45) is 7.73. The van der Waals surface area contributed by atoms with Gasteiger partial charge in [0, 0.05) is 23.6 Å². The largest absolute Gasteiger partial charge is 0.618 e. The molecule has 0 atom stereocenters.